The molecule has 0 unspecified atom stereocenters. The van der Waals surface area contributed by atoms with Crippen molar-refractivity contribution in [1.29, 1.82) is 0 Å². The van der Waals surface area contributed by atoms with Gasteiger partial charge in [-0.3, -0.25) is 9.69 Å². The third-order valence-corrected chi connectivity index (χ3v) is 6.49. The van der Waals surface area contributed by atoms with Gasteiger partial charge in [0.1, 0.15) is 5.76 Å². The fourth-order valence-electron chi connectivity index (χ4n) is 4.17. The van der Waals surface area contributed by atoms with Crippen molar-refractivity contribution in [3.63, 3.8) is 0 Å². The minimum absolute atomic E-state index is 0.0317. The molecule has 7 nitrogen and oxygen atoms in total. The lowest BCUT2D eigenvalue weighted by Gasteiger charge is -2.30. The topological polar surface area (TPSA) is 76.8 Å². The maximum Gasteiger partial charge on any atom is 0.226 e. The molecule has 0 aliphatic carbocycles. The highest BCUT2D eigenvalue weighted by Gasteiger charge is 2.26. The first kappa shape index (κ1) is 24.1. The molecule has 0 saturated carbocycles. The van der Waals surface area contributed by atoms with Gasteiger partial charge in [0, 0.05) is 29.6 Å². The number of halogens is 1. The summed E-state index contributed by atoms with van der Waals surface area (Å²) in [7, 11) is 3.22. The summed E-state index contributed by atoms with van der Waals surface area (Å²) < 4.78 is 16.7. The predicted octanol–water partition coefficient (Wildman–Crippen LogP) is 4.85. The summed E-state index contributed by atoms with van der Waals surface area (Å²) in [6, 6.07) is 13.2. The lowest BCUT2D eigenvalue weighted by atomic mass is 9.95. The smallest absolute Gasteiger partial charge is 0.226 e. The zero-order valence-corrected chi connectivity index (χ0v) is 20.5. The maximum atomic E-state index is 12.6. The van der Waals surface area contributed by atoms with E-state index in [0.29, 0.717) is 35.5 Å². The van der Waals surface area contributed by atoms with Crippen LogP contribution in [-0.2, 0) is 17.9 Å². The van der Waals surface area contributed by atoms with Gasteiger partial charge < -0.3 is 19.2 Å². The monoisotopic (exact) mass is 483 g/mol. The predicted molar refractivity (Wildman–Crippen MR) is 131 cm³/mol. The number of ether oxygens (including phenoxy) is 2. The number of nitrogens with one attached hydrogen (secondary N) is 1. The minimum atomic E-state index is 0.0317. The number of rotatable bonds is 8. The Morgan fingerprint density at radius 2 is 1.82 bits per heavy atom. The van der Waals surface area contributed by atoms with Gasteiger partial charge in [-0.15, -0.1) is 0 Å². The Balaban J connectivity index is 1.31. The number of carbonyl (C=O) groups excluding carboxylic acids is 1. The number of amides is 1. The molecule has 34 heavy (non-hydrogen) atoms. The molecular formula is C26H30ClN3O4. The number of piperidine rings is 1. The summed E-state index contributed by atoms with van der Waals surface area (Å²) in [4.78, 5) is 19.7. The van der Waals surface area contributed by atoms with E-state index in [0.717, 1.165) is 48.5 Å². The van der Waals surface area contributed by atoms with Crippen LogP contribution in [0.4, 0.5) is 0 Å². The number of oxazole rings is 1. The molecule has 0 atom stereocenters. The molecule has 4 rings (SSSR count). The van der Waals surface area contributed by atoms with Crippen LogP contribution in [0.25, 0.3) is 11.5 Å². The number of hydrogen-bond donors (Lipinski definition) is 1. The molecule has 1 N–H and O–H groups in total. The third kappa shape index (κ3) is 5.72. The second-order valence-electron chi connectivity index (χ2n) is 8.49. The molecule has 3 aromatic rings. The van der Waals surface area contributed by atoms with Gasteiger partial charge in [-0.05, 0) is 68.8 Å². The van der Waals surface area contributed by atoms with Gasteiger partial charge in [-0.2, -0.15) is 0 Å². The summed E-state index contributed by atoms with van der Waals surface area (Å²) in [6.45, 7) is 4.84. The molecule has 1 amide bonds. The molecule has 1 aliphatic rings. The molecule has 8 heteroatoms. The zero-order chi connectivity index (χ0) is 24.1. The highest BCUT2D eigenvalue weighted by atomic mass is 35.5. The van der Waals surface area contributed by atoms with E-state index in [1.165, 1.54) is 0 Å². The number of methoxy groups -OCH3 is 2. The Morgan fingerprint density at radius 3 is 2.50 bits per heavy atom. The summed E-state index contributed by atoms with van der Waals surface area (Å²) in [5, 5.41) is 3.75. The first-order valence-corrected chi connectivity index (χ1v) is 11.8. The minimum Gasteiger partial charge on any atom is -0.493 e. The van der Waals surface area contributed by atoms with Crippen molar-refractivity contribution in [2.45, 2.75) is 32.9 Å². The lowest BCUT2D eigenvalue weighted by Crippen LogP contribution is -2.40. The molecule has 1 aliphatic heterocycles. The van der Waals surface area contributed by atoms with Crippen molar-refractivity contribution in [2.75, 3.05) is 27.3 Å². The van der Waals surface area contributed by atoms with E-state index in [9.17, 15) is 4.79 Å². The van der Waals surface area contributed by atoms with E-state index in [4.69, 9.17) is 30.5 Å². The molecule has 1 saturated heterocycles. The van der Waals surface area contributed by atoms with Crippen LogP contribution in [0.5, 0.6) is 11.5 Å². The van der Waals surface area contributed by atoms with Gasteiger partial charge in [0.05, 0.1) is 19.9 Å². The fraction of sp³-hybridized carbons (Fsp3) is 0.385. The van der Waals surface area contributed by atoms with E-state index in [1.54, 1.807) is 14.2 Å². The normalized spacial score (nSPS) is 14.7. The first-order valence-electron chi connectivity index (χ1n) is 11.4. The molecule has 1 aromatic heterocycles. The Bertz CT molecular complexity index is 1120. The molecule has 0 bridgehead atoms. The fourth-order valence-corrected chi connectivity index (χ4v) is 4.29. The highest BCUT2D eigenvalue weighted by molar-refractivity contribution is 6.30. The number of aryl methyl sites for hydroxylation is 1. The summed E-state index contributed by atoms with van der Waals surface area (Å²) >= 11 is 5.92. The summed E-state index contributed by atoms with van der Waals surface area (Å²) in [6.07, 6.45) is 1.65. The summed E-state index contributed by atoms with van der Waals surface area (Å²) in [5.41, 5.74) is 2.79. The van der Waals surface area contributed by atoms with E-state index in [1.807, 2.05) is 49.4 Å². The maximum absolute atomic E-state index is 12.6. The van der Waals surface area contributed by atoms with Crippen molar-refractivity contribution < 1.29 is 18.7 Å². The van der Waals surface area contributed by atoms with Crippen LogP contribution in [0.2, 0.25) is 5.02 Å². The van der Waals surface area contributed by atoms with Crippen molar-refractivity contribution >= 4 is 17.5 Å². The van der Waals surface area contributed by atoms with Gasteiger partial charge in [0.2, 0.25) is 11.8 Å². The van der Waals surface area contributed by atoms with Gasteiger partial charge in [0.25, 0.3) is 0 Å². The van der Waals surface area contributed by atoms with Crippen LogP contribution in [-0.4, -0.2) is 43.1 Å². The van der Waals surface area contributed by atoms with Crippen molar-refractivity contribution in [2.24, 2.45) is 5.92 Å². The van der Waals surface area contributed by atoms with Crippen LogP contribution in [0.3, 0.4) is 0 Å². The zero-order valence-electron chi connectivity index (χ0n) is 19.8. The molecule has 2 heterocycles. The Hall–Kier alpha value is -3.03. The van der Waals surface area contributed by atoms with Crippen molar-refractivity contribution in [3.05, 3.63) is 64.5 Å². The molecule has 2 aromatic carbocycles. The number of benzene rings is 2. The highest BCUT2D eigenvalue weighted by Crippen LogP contribution is 2.33. The average molecular weight is 484 g/mol. The van der Waals surface area contributed by atoms with E-state index >= 15 is 0 Å². The van der Waals surface area contributed by atoms with Crippen LogP contribution in [0.1, 0.15) is 29.9 Å². The second kappa shape index (κ2) is 10.9. The molecule has 180 valence electrons. The number of aromatic nitrogens is 1. The van der Waals surface area contributed by atoms with Crippen LogP contribution < -0.4 is 14.8 Å². The number of carbonyl (C=O) groups is 1. The molecule has 0 spiro atoms. The van der Waals surface area contributed by atoms with Gasteiger partial charge in [-0.1, -0.05) is 23.7 Å². The number of hydrogen-bond acceptors (Lipinski definition) is 6. The van der Waals surface area contributed by atoms with E-state index < -0.39 is 0 Å². The third-order valence-electron chi connectivity index (χ3n) is 6.23. The van der Waals surface area contributed by atoms with Gasteiger partial charge in [0.15, 0.2) is 11.5 Å². The molecule has 1 fully saturated rings. The summed E-state index contributed by atoms with van der Waals surface area (Å²) in [5.74, 6) is 2.80. The van der Waals surface area contributed by atoms with E-state index in [2.05, 4.69) is 10.2 Å². The van der Waals surface area contributed by atoms with E-state index in [-0.39, 0.29) is 11.8 Å². The quantitative estimate of drug-likeness (QED) is 0.493. The largest absolute Gasteiger partial charge is 0.493 e. The standard InChI is InChI=1S/C26H30ClN3O4/c1-17-22(29-26(34-17)20-6-9-23(32-2)24(14-20)33-3)16-30-12-10-19(11-13-30)25(31)28-15-18-4-7-21(27)8-5-18/h4-9,14,19H,10-13,15-16H2,1-3H3,(H,28,31). The lowest BCUT2D eigenvalue weighted by molar-refractivity contribution is -0.126. The van der Waals surface area contributed by atoms with Crippen molar-refractivity contribution in [1.82, 2.24) is 15.2 Å². The van der Waals surface area contributed by atoms with Crippen molar-refractivity contribution in [3.8, 4) is 23.0 Å². The Labute approximate surface area is 205 Å². The van der Waals surface area contributed by atoms with Crippen LogP contribution in [0.15, 0.2) is 46.9 Å². The Morgan fingerprint density at radius 1 is 1.12 bits per heavy atom. The second-order valence-corrected chi connectivity index (χ2v) is 8.92. The number of nitrogens with zero attached hydrogens (tertiary/aromatic N) is 2. The number of likely N-dealkylation sites (tertiary alicyclic amines) is 1. The van der Waals surface area contributed by atoms with Gasteiger partial charge >= 0.3 is 0 Å². The molecule has 0 radical (unpaired) electrons. The van der Waals surface area contributed by atoms with Gasteiger partial charge in [-0.25, -0.2) is 4.98 Å². The SMILES string of the molecule is COc1ccc(-c2nc(CN3CCC(C(=O)NCc4ccc(Cl)cc4)CC3)c(C)o2)cc1OC. The van der Waals surface area contributed by atoms with Crippen LogP contribution in [0, 0.1) is 12.8 Å². The molecular weight excluding hydrogens is 454 g/mol. The first-order chi connectivity index (χ1) is 16.5. The Kier molecular flexibility index (Phi) is 7.75. The average Bonchev–Trinajstić information content (AvgIpc) is 3.23. The van der Waals surface area contributed by atoms with Crippen LogP contribution >= 0.6 is 11.6 Å².